The number of methoxy groups -OCH3 is 1. The first-order valence-corrected chi connectivity index (χ1v) is 8.63. The lowest BCUT2D eigenvalue weighted by atomic mass is 9.97. The van der Waals surface area contributed by atoms with Crippen LogP contribution < -0.4 is 9.47 Å². The normalized spacial score (nSPS) is 20.8. The molecule has 0 N–H and O–H groups in total. The number of furan rings is 1. The van der Waals surface area contributed by atoms with Gasteiger partial charge in [0.1, 0.15) is 23.0 Å². The molecular weight excluding hydrogens is 328 g/mol. The molecule has 0 amide bonds. The van der Waals surface area contributed by atoms with Crippen molar-refractivity contribution in [2.45, 2.75) is 18.7 Å². The lowest BCUT2D eigenvalue weighted by Gasteiger charge is -2.38. The minimum atomic E-state index is -0.284. The van der Waals surface area contributed by atoms with Gasteiger partial charge in [0.2, 0.25) is 6.23 Å². The first kappa shape index (κ1) is 15.1. The lowest BCUT2D eigenvalue weighted by molar-refractivity contribution is -0.0190. The number of benzene rings is 2. The highest BCUT2D eigenvalue weighted by atomic mass is 16.5. The molecule has 0 radical (unpaired) electrons. The number of ether oxygens (including phenoxy) is 2. The Kier molecular flexibility index (Phi) is 3.45. The van der Waals surface area contributed by atoms with Gasteiger partial charge in [-0.2, -0.15) is 5.10 Å². The van der Waals surface area contributed by atoms with Gasteiger partial charge in [-0.15, -0.1) is 0 Å². The predicted octanol–water partition coefficient (Wildman–Crippen LogP) is 4.53. The molecular formula is C21H18N2O3. The third-order valence-corrected chi connectivity index (χ3v) is 4.91. The fourth-order valence-corrected chi connectivity index (χ4v) is 3.61. The molecule has 0 fully saturated rings. The van der Waals surface area contributed by atoms with Crippen LogP contribution in [0, 0.1) is 0 Å². The maximum absolute atomic E-state index is 6.32. The number of hydrazone groups is 1. The molecule has 0 bridgehead atoms. The van der Waals surface area contributed by atoms with Gasteiger partial charge in [0, 0.05) is 17.5 Å². The first-order valence-electron chi connectivity index (χ1n) is 8.63. The van der Waals surface area contributed by atoms with Crippen molar-refractivity contribution in [3.8, 4) is 11.5 Å². The van der Waals surface area contributed by atoms with Gasteiger partial charge in [-0.3, -0.25) is 0 Å². The second kappa shape index (κ2) is 5.95. The van der Waals surface area contributed by atoms with E-state index in [1.54, 1.807) is 13.4 Å². The van der Waals surface area contributed by atoms with Crippen LogP contribution >= 0.6 is 0 Å². The highest BCUT2D eigenvalue weighted by Gasteiger charge is 2.41. The summed E-state index contributed by atoms with van der Waals surface area (Å²) < 4.78 is 17.2. The van der Waals surface area contributed by atoms with E-state index in [0.717, 1.165) is 40.5 Å². The standard InChI is InChI=1S/C21H18N2O3/c1-24-15-10-8-14(9-11-15)21-23-18(16-5-2-3-6-19(16)26-21)13-17(22-23)20-7-4-12-25-20/h2-12,18,21H,13H2,1H3/t18-,21-/m0/s1. The number of rotatable bonds is 3. The molecule has 5 rings (SSSR count). The quantitative estimate of drug-likeness (QED) is 0.699. The Balaban J connectivity index is 1.58. The van der Waals surface area contributed by atoms with Crippen LogP contribution in [0.1, 0.15) is 35.6 Å². The van der Waals surface area contributed by atoms with E-state index < -0.39 is 0 Å². The van der Waals surface area contributed by atoms with Crippen LogP contribution in [-0.2, 0) is 0 Å². The van der Waals surface area contributed by atoms with Crippen LogP contribution in [0.4, 0.5) is 0 Å². The Morgan fingerprint density at radius 1 is 1.04 bits per heavy atom. The molecule has 0 saturated heterocycles. The van der Waals surface area contributed by atoms with Crippen LogP contribution in [0.25, 0.3) is 0 Å². The second-order valence-electron chi connectivity index (χ2n) is 6.41. The summed E-state index contributed by atoms with van der Waals surface area (Å²) in [4.78, 5) is 0. The Labute approximate surface area is 151 Å². The third-order valence-electron chi connectivity index (χ3n) is 4.91. The summed E-state index contributed by atoms with van der Waals surface area (Å²) in [5, 5.41) is 6.90. The molecule has 2 atom stereocenters. The summed E-state index contributed by atoms with van der Waals surface area (Å²) in [6, 6.07) is 20.1. The van der Waals surface area contributed by atoms with Crippen molar-refractivity contribution in [1.82, 2.24) is 5.01 Å². The zero-order chi connectivity index (χ0) is 17.5. The monoisotopic (exact) mass is 346 g/mol. The smallest absolute Gasteiger partial charge is 0.213 e. The molecule has 5 nitrogen and oxygen atoms in total. The molecule has 2 aliphatic heterocycles. The lowest BCUT2D eigenvalue weighted by Crippen LogP contribution is -2.33. The van der Waals surface area contributed by atoms with Crippen LogP contribution in [0.5, 0.6) is 11.5 Å². The predicted molar refractivity (Wildman–Crippen MR) is 97.2 cm³/mol. The summed E-state index contributed by atoms with van der Waals surface area (Å²) in [6.45, 7) is 0. The van der Waals surface area contributed by atoms with Crippen molar-refractivity contribution in [3.05, 3.63) is 83.8 Å². The van der Waals surface area contributed by atoms with E-state index in [9.17, 15) is 0 Å². The van der Waals surface area contributed by atoms with Gasteiger partial charge < -0.3 is 13.9 Å². The van der Waals surface area contributed by atoms with Crippen LogP contribution in [0.15, 0.2) is 76.4 Å². The number of fused-ring (bicyclic) bond motifs is 3. The Hall–Kier alpha value is -3.21. The van der Waals surface area contributed by atoms with Gasteiger partial charge in [-0.05, 0) is 42.5 Å². The van der Waals surface area contributed by atoms with E-state index in [1.807, 2.05) is 59.6 Å². The molecule has 130 valence electrons. The molecule has 3 aromatic rings. The molecule has 0 saturated carbocycles. The maximum Gasteiger partial charge on any atom is 0.213 e. The van der Waals surface area contributed by atoms with Crippen molar-refractivity contribution in [3.63, 3.8) is 0 Å². The molecule has 3 heterocycles. The van der Waals surface area contributed by atoms with E-state index in [4.69, 9.17) is 19.0 Å². The largest absolute Gasteiger partial charge is 0.497 e. The van der Waals surface area contributed by atoms with Crippen molar-refractivity contribution in [1.29, 1.82) is 0 Å². The Morgan fingerprint density at radius 3 is 2.65 bits per heavy atom. The van der Waals surface area contributed by atoms with Crippen LogP contribution in [0.3, 0.4) is 0 Å². The second-order valence-corrected chi connectivity index (χ2v) is 6.41. The van der Waals surface area contributed by atoms with Crippen molar-refractivity contribution in [2.24, 2.45) is 5.10 Å². The zero-order valence-electron chi connectivity index (χ0n) is 14.3. The van der Waals surface area contributed by atoms with Crippen LogP contribution in [-0.4, -0.2) is 17.8 Å². The van der Waals surface area contributed by atoms with Crippen molar-refractivity contribution >= 4 is 5.71 Å². The van der Waals surface area contributed by atoms with Gasteiger partial charge >= 0.3 is 0 Å². The van der Waals surface area contributed by atoms with E-state index in [2.05, 4.69) is 6.07 Å². The van der Waals surface area contributed by atoms with Gasteiger partial charge in [-0.25, -0.2) is 5.01 Å². The molecule has 1 aromatic heterocycles. The fourth-order valence-electron chi connectivity index (χ4n) is 3.61. The third kappa shape index (κ3) is 2.36. The van der Waals surface area contributed by atoms with Gasteiger partial charge in [0.15, 0.2) is 0 Å². The summed E-state index contributed by atoms with van der Waals surface area (Å²) in [5.41, 5.74) is 3.14. The molecule has 26 heavy (non-hydrogen) atoms. The van der Waals surface area contributed by atoms with Gasteiger partial charge in [0.25, 0.3) is 0 Å². The SMILES string of the molecule is COc1ccc([C@@H]2Oc3ccccc3[C@@H]3CC(c4ccco4)=NN32)cc1. The van der Waals surface area contributed by atoms with Crippen molar-refractivity contribution < 1.29 is 13.9 Å². The van der Waals surface area contributed by atoms with E-state index in [0.29, 0.717) is 0 Å². The number of hydrogen-bond acceptors (Lipinski definition) is 5. The van der Waals surface area contributed by atoms with Gasteiger partial charge in [-0.1, -0.05) is 18.2 Å². The number of para-hydroxylation sites is 1. The van der Waals surface area contributed by atoms with Gasteiger partial charge in [0.05, 0.1) is 19.4 Å². The summed E-state index contributed by atoms with van der Waals surface area (Å²) in [6.07, 6.45) is 2.19. The highest BCUT2D eigenvalue weighted by Crippen LogP contribution is 2.47. The van der Waals surface area contributed by atoms with Crippen molar-refractivity contribution in [2.75, 3.05) is 7.11 Å². The number of hydrogen-bond donors (Lipinski definition) is 0. The molecule has 5 heteroatoms. The summed E-state index contributed by atoms with van der Waals surface area (Å²) >= 11 is 0. The Morgan fingerprint density at radius 2 is 1.88 bits per heavy atom. The van der Waals surface area contributed by atoms with Crippen LogP contribution in [0.2, 0.25) is 0 Å². The first-order chi connectivity index (χ1) is 12.8. The van der Waals surface area contributed by atoms with E-state index in [1.165, 1.54) is 0 Å². The molecule has 0 spiro atoms. The zero-order valence-corrected chi connectivity index (χ0v) is 14.3. The summed E-state index contributed by atoms with van der Waals surface area (Å²) in [7, 11) is 1.67. The molecule has 0 unspecified atom stereocenters. The Bertz CT molecular complexity index is 948. The molecule has 0 aliphatic carbocycles. The number of nitrogens with zero attached hydrogens (tertiary/aromatic N) is 2. The minimum Gasteiger partial charge on any atom is -0.497 e. The highest BCUT2D eigenvalue weighted by molar-refractivity contribution is 5.99. The summed E-state index contributed by atoms with van der Waals surface area (Å²) in [5.74, 6) is 2.54. The van der Waals surface area contributed by atoms with E-state index >= 15 is 0 Å². The molecule has 2 aliphatic rings. The maximum atomic E-state index is 6.32. The van der Waals surface area contributed by atoms with E-state index in [-0.39, 0.29) is 12.3 Å². The molecule has 2 aromatic carbocycles. The average molecular weight is 346 g/mol. The fraction of sp³-hybridized carbons (Fsp3) is 0.190. The average Bonchev–Trinajstić information content (AvgIpc) is 3.37. The topological polar surface area (TPSA) is 47.2 Å². The minimum absolute atomic E-state index is 0.132.